The maximum absolute atomic E-state index is 2.45. The van der Waals surface area contributed by atoms with E-state index in [4.69, 9.17) is 0 Å². The Hall–Kier alpha value is -6.90. The smallest absolute Gasteiger partial charge is 0.0541 e. The Labute approximate surface area is 326 Å². The molecule has 2 aromatic heterocycles. The van der Waals surface area contributed by atoms with Gasteiger partial charge in [-0.2, -0.15) is 0 Å². The van der Waals surface area contributed by atoms with Crippen molar-refractivity contribution in [2.45, 2.75) is 27.7 Å². The monoisotopic (exact) mass is 716 g/mol. The zero-order valence-electron chi connectivity index (χ0n) is 32.1. The van der Waals surface area contributed by atoms with Crippen molar-refractivity contribution >= 4 is 65.2 Å². The predicted molar refractivity (Wildman–Crippen MR) is 240 cm³/mol. The number of rotatable bonds is 4. The van der Waals surface area contributed by atoms with Gasteiger partial charge in [-0.15, -0.1) is 0 Å². The Morgan fingerprint density at radius 3 is 0.893 bits per heavy atom. The predicted octanol–water partition coefficient (Wildman–Crippen LogP) is 14.8. The van der Waals surface area contributed by atoms with Crippen molar-refractivity contribution in [3.05, 3.63) is 192 Å². The molecule has 11 rings (SSSR count). The van der Waals surface area contributed by atoms with Crippen molar-refractivity contribution in [3.8, 4) is 33.6 Å². The molecule has 0 amide bonds. The highest BCUT2D eigenvalue weighted by molar-refractivity contribution is 6.22. The third-order valence-electron chi connectivity index (χ3n) is 11.8. The summed E-state index contributed by atoms with van der Waals surface area (Å²) in [6.45, 7) is 8.87. The van der Waals surface area contributed by atoms with Gasteiger partial charge in [0.1, 0.15) is 0 Å². The minimum absolute atomic E-state index is 1.16. The number of para-hydroxylation sites is 4. The molecule has 0 spiro atoms. The lowest BCUT2D eigenvalue weighted by Crippen LogP contribution is -1.98. The standard InChI is InChI=1S/C54H40N2/c1-33-25-34(2)28-37(27-33)53-45-23-21-40(56-51-19-11-7-15-43(51)44-16-8-12-20-52(44)56)32-48(45)54(38-29-35(3)26-36(4)30-38)46-24-22-39(31-47(46)53)55-49-17-9-5-13-41(49)42-14-6-10-18-50(42)55/h5-32H,1-4H3. The fourth-order valence-electron chi connectivity index (χ4n) is 9.74. The van der Waals surface area contributed by atoms with Crippen molar-refractivity contribution in [1.82, 2.24) is 9.13 Å². The highest BCUT2D eigenvalue weighted by Crippen LogP contribution is 2.47. The van der Waals surface area contributed by atoms with Crippen LogP contribution in [0.3, 0.4) is 0 Å². The van der Waals surface area contributed by atoms with Crippen LogP contribution in [0.15, 0.2) is 170 Å². The number of hydrogen-bond acceptors (Lipinski definition) is 0. The third-order valence-corrected chi connectivity index (χ3v) is 11.8. The normalized spacial score (nSPS) is 11.9. The van der Waals surface area contributed by atoms with Gasteiger partial charge in [-0.25, -0.2) is 0 Å². The van der Waals surface area contributed by atoms with Gasteiger partial charge >= 0.3 is 0 Å². The van der Waals surface area contributed by atoms with E-state index in [0.29, 0.717) is 0 Å². The van der Waals surface area contributed by atoms with Gasteiger partial charge in [-0.1, -0.05) is 144 Å². The molecule has 56 heavy (non-hydrogen) atoms. The minimum atomic E-state index is 1.16. The number of nitrogens with zero attached hydrogens (tertiary/aromatic N) is 2. The van der Waals surface area contributed by atoms with Gasteiger partial charge in [0, 0.05) is 32.9 Å². The maximum atomic E-state index is 2.45. The van der Waals surface area contributed by atoms with Gasteiger partial charge in [0.2, 0.25) is 0 Å². The van der Waals surface area contributed by atoms with Crippen molar-refractivity contribution in [1.29, 1.82) is 0 Å². The first-order valence-electron chi connectivity index (χ1n) is 19.6. The zero-order chi connectivity index (χ0) is 37.7. The van der Waals surface area contributed by atoms with Crippen molar-refractivity contribution in [2.24, 2.45) is 0 Å². The Kier molecular flexibility index (Phi) is 7.15. The molecule has 0 radical (unpaired) electrons. The first kappa shape index (κ1) is 32.5. The molecule has 0 N–H and O–H groups in total. The molecule has 9 aromatic carbocycles. The van der Waals surface area contributed by atoms with E-state index in [2.05, 4.69) is 207 Å². The molecule has 0 atom stereocenters. The van der Waals surface area contributed by atoms with Crippen LogP contribution >= 0.6 is 0 Å². The Morgan fingerprint density at radius 2 is 0.571 bits per heavy atom. The van der Waals surface area contributed by atoms with Gasteiger partial charge in [-0.3, -0.25) is 0 Å². The molecule has 11 aromatic rings. The van der Waals surface area contributed by atoms with Crippen LogP contribution in [0.25, 0.3) is 98.8 Å². The molecule has 266 valence electrons. The SMILES string of the molecule is Cc1cc(C)cc(-c2c3ccc(-n4c5ccccc5c5ccccc54)cc3c(-c3cc(C)cc(C)c3)c3ccc(-n4c5ccccc5c5ccccc54)cc23)c1. The van der Waals surface area contributed by atoms with Gasteiger partial charge in [0.25, 0.3) is 0 Å². The highest BCUT2D eigenvalue weighted by atomic mass is 15.0. The molecule has 0 bridgehead atoms. The summed E-state index contributed by atoms with van der Waals surface area (Å²) < 4.78 is 4.89. The van der Waals surface area contributed by atoms with E-state index in [1.807, 2.05) is 0 Å². The molecule has 0 saturated heterocycles. The summed E-state index contributed by atoms with van der Waals surface area (Å²) in [6, 6.07) is 63.6. The Balaban J connectivity index is 1.31. The fourth-order valence-corrected chi connectivity index (χ4v) is 9.74. The summed E-state index contributed by atoms with van der Waals surface area (Å²) in [5.74, 6) is 0. The number of benzene rings is 9. The van der Waals surface area contributed by atoms with Crippen LogP contribution < -0.4 is 0 Å². The summed E-state index contributed by atoms with van der Waals surface area (Å²) in [5.41, 5.74) is 17.3. The maximum Gasteiger partial charge on any atom is 0.0541 e. The molecule has 2 nitrogen and oxygen atoms in total. The first-order valence-corrected chi connectivity index (χ1v) is 19.6. The molecule has 0 aliphatic carbocycles. The quantitative estimate of drug-likeness (QED) is 0.161. The zero-order valence-corrected chi connectivity index (χ0v) is 32.1. The third kappa shape index (κ3) is 4.89. The van der Waals surface area contributed by atoms with E-state index in [-0.39, 0.29) is 0 Å². The topological polar surface area (TPSA) is 9.86 Å². The summed E-state index contributed by atoms with van der Waals surface area (Å²) >= 11 is 0. The van der Waals surface area contributed by atoms with Crippen LogP contribution in [-0.2, 0) is 0 Å². The van der Waals surface area contributed by atoms with Crippen molar-refractivity contribution in [2.75, 3.05) is 0 Å². The van der Waals surface area contributed by atoms with E-state index in [9.17, 15) is 0 Å². The van der Waals surface area contributed by atoms with Crippen LogP contribution in [0.2, 0.25) is 0 Å². The number of fused-ring (bicyclic) bond motifs is 8. The van der Waals surface area contributed by atoms with Crippen LogP contribution in [0.1, 0.15) is 22.3 Å². The molecule has 2 heteroatoms. The van der Waals surface area contributed by atoms with E-state index in [1.54, 1.807) is 0 Å². The van der Waals surface area contributed by atoms with Crippen LogP contribution in [0, 0.1) is 27.7 Å². The van der Waals surface area contributed by atoms with Crippen molar-refractivity contribution in [3.63, 3.8) is 0 Å². The largest absolute Gasteiger partial charge is 0.309 e. The fraction of sp³-hybridized carbons (Fsp3) is 0.0741. The van der Waals surface area contributed by atoms with Crippen LogP contribution in [-0.4, -0.2) is 9.13 Å². The molecule has 0 saturated carbocycles. The summed E-state index contributed by atoms with van der Waals surface area (Å²) in [5, 5.41) is 10.1. The number of hydrogen-bond donors (Lipinski definition) is 0. The summed E-state index contributed by atoms with van der Waals surface area (Å²) in [7, 11) is 0. The molecule has 0 aliphatic rings. The van der Waals surface area contributed by atoms with E-state index < -0.39 is 0 Å². The molecule has 0 aliphatic heterocycles. The second kappa shape index (κ2) is 12.3. The van der Waals surface area contributed by atoms with Gasteiger partial charge in [0.05, 0.1) is 22.1 Å². The van der Waals surface area contributed by atoms with Crippen LogP contribution in [0.5, 0.6) is 0 Å². The second-order valence-corrected chi connectivity index (χ2v) is 15.7. The molecule has 0 fully saturated rings. The Morgan fingerprint density at radius 1 is 0.268 bits per heavy atom. The minimum Gasteiger partial charge on any atom is -0.309 e. The molecule has 2 heterocycles. The average molecular weight is 717 g/mol. The first-order chi connectivity index (χ1) is 27.4. The molecular weight excluding hydrogens is 677 g/mol. The number of aryl methyl sites for hydroxylation is 4. The lowest BCUT2D eigenvalue weighted by molar-refractivity contribution is 1.18. The van der Waals surface area contributed by atoms with Gasteiger partial charge in [-0.05, 0) is 120 Å². The van der Waals surface area contributed by atoms with Gasteiger partial charge < -0.3 is 9.13 Å². The van der Waals surface area contributed by atoms with Crippen molar-refractivity contribution < 1.29 is 0 Å². The average Bonchev–Trinajstić information content (AvgIpc) is 3.72. The van der Waals surface area contributed by atoms with E-state index >= 15 is 0 Å². The van der Waals surface area contributed by atoms with Crippen LogP contribution in [0.4, 0.5) is 0 Å². The highest BCUT2D eigenvalue weighted by Gasteiger charge is 2.21. The summed E-state index contributed by atoms with van der Waals surface area (Å²) in [4.78, 5) is 0. The van der Waals surface area contributed by atoms with Gasteiger partial charge in [0.15, 0.2) is 0 Å². The lowest BCUT2D eigenvalue weighted by atomic mass is 9.84. The Bertz CT molecular complexity index is 3030. The second-order valence-electron chi connectivity index (χ2n) is 15.7. The number of aromatic nitrogens is 2. The molecule has 0 unspecified atom stereocenters. The molecular formula is C54H40N2. The van der Waals surface area contributed by atoms with E-state index in [0.717, 1.165) is 11.4 Å². The summed E-state index contributed by atoms with van der Waals surface area (Å²) in [6.07, 6.45) is 0. The lowest BCUT2D eigenvalue weighted by Gasteiger charge is -2.21. The van der Waals surface area contributed by atoms with E-state index in [1.165, 1.54) is 110 Å².